The Bertz CT molecular complexity index is 473. The maximum absolute atomic E-state index is 12.7. The number of likely N-dealkylation sites (N-methyl/N-ethyl adjacent to an activating group) is 1. The molecule has 0 bridgehead atoms. The lowest BCUT2D eigenvalue weighted by atomic mass is 9.81. The summed E-state index contributed by atoms with van der Waals surface area (Å²) < 4.78 is 0. The zero-order valence-corrected chi connectivity index (χ0v) is 14.1. The molecule has 2 fully saturated rings. The van der Waals surface area contributed by atoms with E-state index in [0.717, 1.165) is 57.8 Å². The van der Waals surface area contributed by atoms with Gasteiger partial charge in [0.15, 0.2) is 0 Å². The molecule has 2 N–H and O–H groups in total. The Kier molecular flexibility index (Phi) is 6.00. The Hall–Kier alpha value is -1.61. The molecule has 0 spiro atoms. The minimum atomic E-state index is -0.677. The summed E-state index contributed by atoms with van der Waals surface area (Å²) in [4.78, 5) is 27.6. The molecule has 0 aromatic heterocycles. The van der Waals surface area contributed by atoms with Crippen molar-refractivity contribution in [2.45, 2.75) is 69.4 Å². The number of carbonyl (C=O) groups excluding carboxylic acids is 2. The minimum absolute atomic E-state index is 0.0819. The van der Waals surface area contributed by atoms with Crippen LogP contribution in [0.25, 0.3) is 0 Å². The molecule has 0 aromatic rings. The highest BCUT2D eigenvalue weighted by Gasteiger charge is 2.39. The third kappa shape index (κ3) is 4.23. The van der Waals surface area contributed by atoms with Gasteiger partial charge in [-0.15, -0.1) is 0 Å². The molecular formula is C17H28N4O2. The number of carbonyl (C=O) groups is 2. The second-order valence-corrected chi connectivity index (χ2v) is 6.97. The fourth-order valence-corrected chi connectivity index (χ4v) is 3.96. The average Bonchev–Trinajstić information content (AvgIpc) is 3.08. The molecule has 6 heteroatoms. The summed E-state index contributed by atoms with van der Waals surface area (Å²) in [5.41, 5.74) is 4.67. The summed E-state index contributed by atoms with van der Waals surface area (Å²) in [6, 6.07) is 2.63. The van der Waals surface area contributed by atoms with Crippen molar-refractivity contribution in [3.63, 3.8) is 0 Å². The van der Waals surface area contributed by atoms with Gasteiger partial charge in [-0.1, -0.05) is 32.1 Å². The van der Waals surface area contributed by atoms with Gasteiger partial charge in [0.2, 0.25) is 11.8 Å². The van der Waals surface area contributed by atoms with Crippen LogP contribution in [0.5, 0.6) is 0 Å². The molecule has 0 heterocycles. The Morgan fingerprint density at radius 2 is 1.74 bits per heavy atom. The normalized spacial score (nSPS) is 21.1. The van der Waals surface area contributed by atoms with E-state index in [9.17, 15) is 14.9 Å². The van der Waals surface area contributed by atoms with Gasteiger partial charge in [-0.05, 0) is 25.7 Å². The van der Waals surface area contributed by atoms with Crippen molar-refractivity contribution in [3.05, 3.63) is 0 Å². The first-order chi connectivity index (χ1) is 11.0. The standard InChI is InChI=1S/C17H28N4O2/c1-20(17(13-18)9-5-2-6-10-17)16(23)12-21(11-15(19)22)14-7-3-4-8-14/h14H,2-12H2,1H3,(H2,19,22). The van der Waals surface area contributed by atoms with E-state index < -0.39 is 11.4 Å². The van der Waals surface area contributed by atoms with Crippen LogP contribution >= 0.6 is 0 Å². The van der Waals surface area contributed by atoms with Gasteiger partial charge in [-0.2, -0.15) is 5.26 Å². The molecule has 0 atom stereocenters. The molecular weight excluding hydrogens is 292 g/mol. The average molecular weight is 320 g/mol. The van der Waals surface area contributed by atoms with Crippen molar-refractivity contribution >= 4 is 11.8 Å². The maximum atomic E-state index is 12.7. The van der Waals surface area contributed by atoms with Crippen LogP contribution in [0.15, 0.2) is 0 Å². The summed E-state index contributed by atoms with van der Waals surface area (Å²) in [7, 11) is 1.73. The van der Waals surface area contributed by atoms with Gasteiger partial charge in [-0.3, -0.25) is 14.5 Å². The summed E-state index contributed by atoms with van der Waals surface area (Å²) in [6.45, 7) is 0.289. The molecule has 0 unspecified atom stereocenters. The third-order valence-corrected chi connectivity index (χ3v) is 5.44. The van der Waals surface area contributed by atoms with E-state index in [-0.39, 0.29) is 25.0 Å². The Morgan fingerprint density at radius 3 is 2.26 bits per heavy atom. The summed E-state index contributed by atoms with van der Waals surface area (Å²) in [6.07, 6.45) is 8.86. The van der Waals surface area contributed by atoms with Gasteiger partial charge in [0.05, 0.1) is 19.2 Å². The third-order valence-electron chi connectivity index (χ3n) is 5.44. The zero-order valence-electron chi connectivity index (χ0n) is 14.1. The lowest BCUT2D eigenvalue weighted by Crippen LogP contribution is -2.54. The number of rotatable bonds is 6. The second kappa shape index (κ2) is 7.78. The van der Waals surface area contributed by atoms with Crippen LogP contribution < -0.4 is 5.73 Å². The highest BCUT2D eigenvalue weighted by Crippen LogP contribution is 2.32. The van der Waals surface area contributed by atoms with E-state index in [4.69, 9.17) is 5.73 Å². The molecule has 0 radical (unpaired) electrons. The van der Waals surface area contributed by atoms with Gasteiger partial charge >= 0.3 is 0 Å². The molecule has 2 aliphatic rings. The molecule has 23 heavy (non-hydrogen) atoms. The van der Waals surface area contributed by atoms with Crippen molar-refractivity contribution in [3.8, 4) is 6.07 Å². The Morgan fingerprint density at radius 1 is 1.13 bits per heavy atom. The molecule has 0 aromatic carbocycles. The summed E-state index contributed by atoms with van der Waals surface area (Å²) >= 11 is 0. The van der Waals surface area contributed by atoms with Gasteiger partial charge < -0.3 is 10.6 Å². The maximum Gasteiger partial charge on any atom is 0.237 e. The molecule has 2 rings (SSSR count). The number of hydrogen-bond acceptors (Lipinski definition) is 4. The van der Waals surface area contributed by atoms with E-state index >= 15 is 0 Å². The van der Waals surface area contributed by atoms with Crippen LogP contribution in [-0.4, -0.2) is 53.3 Å². The van der Waals surface area contributed by atoms with Crippen LogP contribution in [0.4, 0.5) is 0 Å². The number of amides is 2. The van der Waals surface area contributed by atoms with Crippen molar-refractivity contribution in [1.29, 1.82) is 5.26 Å². The van der Waals surface area contributed by atoms with Crippen molar-refractivity contribution in [1.82, 2.24) is 9.80 Å². The molecule has 128 valence electrons. The summed E-state index contributed by atoms with van der Waals surface area (Å²) in [5, 5.41) is 9.62. The van der Waals surface area contributed by atoms with Crippen LogP contribution in [0.3, 0.4) is 0 Å². The van der Waals surface area contributed by atoms with Gasteiger partial charge in [0.1, 0.15) is 5.54 Å². The highest BCUT2D eigenvalue weighted by molar-refractivity contribution is 5.81. The molecule has 0 aliphatic heterocycles. The van der Waals surface area contributed by atoms with Crippen molar-refractivity contribution in [2.24, 2.45) is 5.73 Å². The Labute approximate surface area is 138 Å². The number of primary amides is 1. The number of nitrogens with zero attached hydrogens (tertiary/aromatic N) is 3. The topological polar surface area (TPSA) is 90.4 Å². The monoisotopic (exact) mass is 320 g/mol. The molecule has 6 nitrogen and oxygen atoms in total. The largest absolute Gasteiger partial charge is 0.369 e. The zero-order chi connectivity index (χ0) is 16.9. The quantitative estimate of drug-likeness (QED) is 0.801. The predicted octanol–water partition coefficient (Wildman–Crippen LogP) is 1.40. The fraction of sp³-hybridized carbons (Fsp3) is 0.824. The lowest BCUT2D eigenvalue weighted by molar-refractivity contribution is -0.137. The van der Waals surface area contributed by atoms with Crippen LogP contribution in [0.1, 0.15) is 57.8 Å². The number of nitrogens with two attached hydrogens (primary N) is 1. The Balaban J connectivity index is 2.04. The van der Waals surface area contributed by atoms with E-state index in [1.807, 2.05) is 4.90 Å². The minimum Gasteiger partial charge on any atom is -0.369 e. The first-order valence-corrected chi connectivity index (χ1v) is 8.69. The first-order valence-electron chi connectivity index (χ1n) is 8.69. The highest BCUT2D eigenvalue weighted by atomic mass is 16.2. The number of nitriles is 1. The van der Waals surface area contributed by atoms with E-state index in [0.29, 0.717) is 0 Å². The number of hydrogen-bond donors (Lipinski definition) is 1. The lowest BCUT2D eigenvalue weighted by Gasteiger charge is -2.40. The van der Waals surface area contributed by atoms with Crippen LogP contribution in [-0.2, 0) is 9.59 Å². The van der Waals surface area contributed by atoms with E-state index in [1.165, 1.54) is 0 Å². The second-order valence-electron chi connectivity index (χ2n) is 6.97. The molecule has 2 saturated carbocycles. The van der Waals surface area contributed by atoms with Crippen molar-refractivity contribution in [2.75, 3.05) is 20.1 Å². The molecule has 0 saturated heterocycles. The van der Waals surface area contributed by atoms with Gasteiger partial charge in [0, 0.05) is 13.1 Å². The predicted molar refractivity (Wildman–Crippen MR) is 87.2 cm³/mol. The van der Waals surface area contributed by atoms with E-state index in [1.54, 1.807) is 11.9 Å². The fourth-order valence-electron chi connectivity index (χ4n) is 3.96. The van der Waals surface area contributed by atoms with Gasteiger partial charge in [0.25, 0.3) is 0 Å². The van der Waals surface area contributed by atoms with Crippen LogP contribution in [0.2, 0.25) is 0 Å². The van der Waals surface area contributed by atoms with Crippen molar-refractivity contribution < 1.29 is 9.59 Å². The SMILES string of the molecule is CN(C(=O)CN(CC(N)=O)C1CCCC1)C1(C#N)CCCCC1. The molecule has 2 amide bonds. The molecule has 2 aliphatic carbocycles. The summed E-state index contributed by atoms with van der Waals surface area (Å²) in [5.74, 6) is -0.485. The van der Waals surface area contributed by atoms with Crippen LogP contribution in [0, 0.1) is 11.3 Å². The van der Waals surface area contributed by atoms with Gasteiger partial charge in [-0.25, -0.2) is 0 Å². The first kappa shape index (κ1) is 17.7. The smallest absolute Gasteiger partial charge is 0.237 e. The van der Waals surface area contributed by atoms with E-state index in [2.05, 4.69) is 6.07 Å².